The molecule has 108 valence electrons. The van der Waals surface area contributed by atoms with Crippen molar-refractivity contribution in [1.82, 2.24) is 9.88 Å². The van der Waals surface area contributed by atoms with E-state index in [1.165, 1.54) is 18.7 Å². The van der Waals surface area contributed by atoms with E-state index in [-0.39, 0.29) is 16.9 Å². The molecule has 1 aromatic heterocycles. The third-order valence-electron chi connectivity index (χ3n) is 4.71. The molecule has 2 bridgehead atoms. The van der Waals surface area contributed by atoms with Gasteiger partial charge in [-0.1, -0.05) is 20.8 Å². The van der Waals surface area contributed by atoms with Gasteiger partial charge in [0.15, 0.2) is 0 Å². The number of aromatic nitrogens is 1. The van der Waals surface area contributed by atoms with Gasteiger partial charge in [-0.05, 0) is 36.2 Å². The van der Waals surface area contributed by atoms with Gasteiger partial charge in [0.2, 0.25) is 5.56 Å². The standard InChI is InChI=1S/C16H22N2O2/c1-15(2)6-12-7-16(3,9-15)10-18(12)14(20)11-4-5-13(19)17-8-11/h4-5,8,12H,6-7,9-10H2,1-3H3,(H,17,19). The van der Waals surface area contributed by atoms with Crippen LogP contribution in [0.3, 0.4) is 0 Å². The molecule has 1 N–H and O–H groups in total. The largest absolute Gasteiger partial charge is 0.335 e. The Labute approximate surface area is 119 Å². The Bertz CT molecular complexity index is 584. The van der Waals surface area contributed by atoms with Gasteiger partial charge in [0.1, 0.15) is 0 Å². The number of nitrogens with zero attached hydrogens (tertiary/aromatic N) is 1. The lowest BCUT2D eigenvalue weighted by atomic mass is 9.65. The Hall–Kier alpha value is -1.58. The molecule has 4 heteroatoms. The van der Waals surface area contributed by atoms with Crippen LogP contribution < -0.4 is 5.56 Å². The number of amides is 1. The lowest BCUT2D eigenvalue weighted by Gasteiger charge is -2.39. The lowest BCUT2D eigenvalue weighted by molar-refractivity contribution is 0.0708. The topological polar surface area (TPSA) is 53.2 Å². The van der Waals surface area contributed by atoms with Gasteiger partial charge in [-0.25, -0.2) is 0 Å². The van der Waals surface area contributed by atoms with Crippen molar-refractivity contribution in [2.24, 2.45) is 10.8 Å². The molecule has 1 saturated heterocycles. The van der Waals surface area contributed by atoms with Crippen LogP contribution in [0.5, 0.6) is 0 Å². The zero-order valence-corrected chi connectivity index (χ0v) is 12.4. The van der Waals surface area contributed by atoms with Crippen molar-refractivity contribution in [1.29, 1.82) is 0 Å². The first-order valence-electron chi connectivity index (χ1n) is 7.28. The summed E-state index contributed by atoms with van der Waals surface area (Å²) < 4.78 is 0. The number of nitrogens with one attached hydrogen (secondary N) is 1. The molecule has 20 heavy (non-hydrogen) atoms. The van der Waals surface area contributed by atoms with Gasteiger partial charge in [0.05, 0.1) is 5.56 Å². The Morgan fingerprint density at radius 2 is 2.05 bits per heavy atom. The van der Waals surface area contributed by atoms with E-state index in [1.54, 1.807) is 6.07 Å². The molecule has 1 saturated carbocycles. The van der Waals surface area contributed by atoms with Crippen molar-refractivity contribution in [2.45, 2.75) is 46.1 Å². The van der Waals surface area contributed by atoms with Crippen LogP contribution in [-0.2, 0) is 0 Å². The predicted molar refractivity (Wildman–Crippen MR) is 77.6 cm³/mol. The predicted octanol–water partition coefficient (Wildman–Crippen LogP) is 2.42. The molecule has 2 heterocycles. The van der Waals surface area contributed by atoms with Gasteiger partial charge in [-0.3, -0.25) is 9.59 Å². The quantitative estimate of drug-likeness (QED) is 0.855. The molecule has 2 atom stereocenters. The van der Waals surface area contributed by atoms with Crippen molar-refractivity contribution in [3.63, 3.8) is 0 Å². The van der Waals surface area contributed by atoms with E-state index in [0.717, 1.165) is 19.4 Å². The smallest absolute Gasteiger partial charge is 0.255 e. The van der Waals surface area contributed by atoms with E-state index in [2.05, 4.69) is 25.8 Å². The fourth-order valence-electron chi connectivity index (χ4n) is 4.41. The van der Waals surface area contributed by atoms with E-state index >= 15 is 0 Å². The minimum atomic E-state index is -0.171. The first-order chi connectivity index (χ1) is 9.28. The maximum absolute atomic E-state index is 12.7. The molecule has 1 amide bonds. The van der Waals surface area contributed by atoms with E-state index in [0.29, 0.717) is 17.0 Å². The van der Waals surface area contributed by atoms with Crippen LogP contribution in [0.15, 0.2) is 23.1 Å². The maximum atomic E-state index is 12.7. The molecule has 1 aromatic rings. The molecule has 2 unspecified atom stereocenters. The van der Waals surface area contributed by atoms with E-state index in [1.807, 2.05) is 4.90 Å². The Kier molecular flexibility index (Phi) is 2.82. The number of likely N-dealkylation sites (tertiary alicyclic amines) is 1. The third kappa shape index (κ3) is 2.28. The maximum Gasteiger partial charge on any atom is 0.255 e. The molecule has 2 fully saturated rings. The van der Waals surface area contributed by atoms with Crippen LogP contribution >= 0.6 is 0 Å². The summed E-state index contributed by atoms with van der Waals surface area (Å²) in [5.74, 6) is 0.0488. The molecular formula is C16H22N2O2. The number of carbonyl (C=O) groups excluding carboxylic acids is 1. The average Bonchev–Trinajstić information content (AvgIpc) is 2.58. The van der Waals surface area contributed by atoms with E-state index < -0.39 is 0 Å². The minimum Gasteiger partial charge on any atom is -0.335 e. The normalized spacial score (nSPS) is 31.4. The van der Waals surface area contributed by atoms with Gasteiger partial charge < -0.3 is 9.88 Å². The molecule has 1 aliphatic heterocycles. The van der Waals surface area contributed by atoms with Crippen LogP contribution in [-0.4, -0.2) is 28.4 Å². The van der Waals surface area contributed by atoms with Crippen molar-refractivity contribution < 1.29 is 4.79 Å². The Balaban J connectivity index is 1.87. The van der Waals surface area contributed by atoms with Crippen molar-refractivity contribution >= 4 is 5.91 Å². The highest BCUT2D eigenvalue weighted by atomic mass is 16.2. The van der Waals surface area contributed by atoms with Crippen molar-refractivity contribution in [3.8, 4) is 0 Å². The SMILES string of the molecule is CC1(C)CC2CC(C)(CN2C(=O)c2ccc(=O)[nH]c2)C1. The molecule has 0 aromatic carbocycles. The molecule has 2 aliphatic rings. The molecule has 0 radical (unpaired) electrons. The summed E-state index contributed by atoms with van der Waals surface area (Å²) in [6.07, 6.45) is 4.87. The number of H-pyrrole nitrogens is 1. The number of hydrogen-bond acceptors (Lipinski definition) is 2. The highest BCUT2D eigenvalue weighted by Gasteiger charge is 2.50. The molecule has 1 aliphatic carbocycles. The first kappa shape index (κ1) is 13.4. The lowest BCUT2D eigenvalue weighted by Crippen LogP contribution is -2.37. The highest BCUT2D eigenvalue weighted by molar-refractivity contribution is 5.94. The first-order valence-corrected chi connectivity index (χ1v) is 7.28. The zero-order chi connectivity index (χ0) is 14.5. The zero-order valence-electron chi connectivity index (χ0n) is 12.4. The Morgan fingerprint density at radius 1 is 1.30 bits per heavy atom. The van der Waals surface area contributed by atoms with Crippen LogP contribution in [0.2, 0.25) is 0 Å². The van der Waals surface area contributed by atoms with Crippen LogP contribution in [0.1, 0.15) is 50.4 Å². The van der Waals surface area contributed by atoms with Gasteiger partial charge in [-0.2, -0.15) is 0 Å². The third-order valence-corrected chi connectivity index (χ3v) is 4.71. The van der Waals surface area contributed by atoms with Crippen LogP contribution in [0.4, 0.5) is 0 Å². The number of pyridine rings is 1. The van der Waals surface area contributed by atoms with Gasteiger partial charge in [-0.15, -0.1) is 0 Å². The summed E-state index contributed by atoms with van der Waals surface area (Å²) in [6, 6.07) is 3.38. The number of rotatable bonds is 1. The summed E-state index contributed by atoms with van der Waals surface area (Å²) in [5.41, 5.74) is 0.954. The van der Waals surface area contributed by atoms with Crippen molar-refractivity contribution in [3.05, 3.63) is 34.2 Å². The number of carbonyl (C=O) groups is 1. The van der Waals surface area contributed by atoms with Gasteiger partial charge >= 0.3 is 0 Å². The number of hydrogen-bond donors (Lipinski definition) is 1. The highest BCUT2D eigenvalue weighted by Crippen LogP contribution is 2.52. The number of fused-ring (bicyclic) bond motifs is 2. The fourth-order valence-corrected chi connectivity index (χ4v) is 4.41. The second kappa shape index (κ2) is 4.21. The summed E-state index contributed by atoms with van der Waals surface area (Å²) in [5, 5.41) is 0. The van der Waals surface area contributed by atoms with Gasteiger partial charge in [0.25, 0.3) is 5.91 Å². The van der Waals surface area contributed by atoms with Crippen LogP contribution in [0.25, 0.3) is 0 Å². The van der Waals surface area contributed by atoms with Crippen molar-refractivity contribution in [2.75, 3.05) is 6.54 Å². The van der Waals surface area contributed by atoms with E-state index in [9.17, 15) is 9.59 Å². The van der Waals surface area contributed by atoms with E-state index in [4.69, 9.17) is 0 Å². The monoisotopic (exact) mass is 274 g/mol. The summed E-state index contributed by atoms with van der Waals surface area (Å²) >= 11 is 0. The Morgan fingerprint density at radius 3 is 2.70 bits per heavy atom. The van der Waals surface area contributed by atoms with Gasteiger partial charge in [0, 0.05) is 24.8 Å². The summed E-state index contributed by atoms with van der Waals surface area (Å²) in [4.78, 5) is 28.4. The second-order valence-corrected chi connectivity index (χ2v) is 7.59. The average molecular weight is 274 g/mol. The summed E-state index contributed by atoms with van der Waals surface area (Å²) in [7, 11) is 0. The molecular weight excluding hydrogens is 252 g/mol. The number of aromatic amines is 1. The van der Waals surface area contributed by atoms with Crippen LogP contribution in [0, 0.1) is 10.8 Å². The molecule has 4 nitrogen and oxygen atoms in total. The molecule has 0 spiro atoms. The molecule has 3 rings (SSSR count). The minimum absolute atomic E-state index is 0.0488. The second-order valence-electron chi connectivity index (χ2n) is 7.59. The summed E-state index contributed by atoms with van der Waals surface area (Å²) in [6.45, 7) is 7.72. The fraction of sp³-hybridized carbons (Fsp3) is 0.625.